The van der Waals surface area contributed by atoms with Crippen molar-refractivity contribution < 1.29 is 116 Å². The number of rotatable bonds is 56. The van der Waals surface area contributed by atoms with Crippen molar-refractivity contribution in [3.8, 4) is 0 Å². The van der Waals surface area contributed by atoms with E-state index >= 15 is 0 Å². The Morgan fingerprint density at radius 2 is 0.929 bits per heavy atom. The third-order valence-corrected chi connectivity index (χ3v) is 24.0. The maximum atomic E-state index is 14.6. The number of fused-ring (bicyclic) bond motifs is 1. The van der Waals surface area contributed by atoms with Gasteiger partial charge in [-0.3, -0.25) is 96.5 Å². The number of nitrogens with one attached hydrogen (secondary N) is 20. The predicted molar refractivity (Wildman–Crippen MR) is 510 cm³/mol. The van der Waals surface area contributed by atoms with E-state index < -0.39 is 272 Å². The molecule has 1 aromatic heterocycles. The molecule has 0 radical (unpaired) electrons. The van der Waals surface area contributed by atoms with Crippen LogP contribution in [0.25, 0.3) is 10.9 Å². The first-order chi connectivity index (χ1) is 66.2. The quantitative estimate of drug-likeness (QED) is 0.0108. The predicted octanol–water partition coefficient (Wildman–Crippen LogP) is -7.08. The first kappa shape index (κ1) is 116. The zero-order valence-corrected chi connectivity index (χ0v) is 81.6. The van der Waals surface area contributed by atoms with Gasteiger partial charge in [0.2, 0.25) is 112 Å². The number of aliphatic carboxylic acids is 1. The van der Waals surface area contributed by atoms with Gasteiger partial charge in [0.05, 0.1) is 51.4 Å². The lowest BCUT2D eigenvalue weighted by molar-refractivity contribution is -0.143. The van der Waals surface area contributed by atoms with Gasteiger partial charge >= 0.3 is 5.97 Å². The summed E-state index contributed by atoms with van der Waals surface area (Å²) in [4.78, 5) is 281. The average Bonchev–Trinajstić information content (AvgIpc) is 1.57. The SMILES string of the molecule is CC(C)C[C@H](NC(=O)[C@H](CCCNC(=N)N)NC(=O)[C@H](Cc1ccccc1)NC(=O)CNC(=O)[C@@H]1CCCN1)C(=O)N[C@H](C(=O)NCC(=O)N1CCC[C@H]1C(=O)N[C@@H](CO)C(=O)N[C@@H](CO)C(=O)N[C@H](C(=O)N[C@H](C(=O)N[C@@H](CS)C(=O)N[C@@H](CC(C)C)C(=O)N1CCC[C@H]1C(=O)N[C@@H](CC(N)=O)C(=O)NCC(=O)N[C@H](C(=O)N[C@@H](Cc1c[nH]c2ccccc12)C(=O)O)[C@@H](C)O)C(C)C)C(C)C)C(C)C. The molecule has 774 valence electrons. The summed E-state index contributed by atoms with van der Waals surface area (Å²) < 4.78 is 0. The zero-order valence-electron chi connectivity index (χ0n) is 80.7. The number of aliphatic hydroxyl groups is 3. The second kappa shape index (κ2) is 56.8. The fraction of sp³-hybridized carbons (Fsp3) is 0.615. The summed E-state index contributed by atoms with van der Waals surface area (Å²) in [5, 5.41) is 95.4. The smallest absolute Gasteiger partial charge is 0.326 e. The van der Waals surface area contributed by atoms with E-state index in [4.69, 9.17) is 16.9 Å². The Balaban J connectivity index is 1.01. The standard InChI is InChI=1S/C91H140N24O24S/c1-45(2)33-57(103-77(125)56(26-18-30-96-91(93)94)102-78(126)58(35-51-21-13-12-14-22-51)101-68(120)39-98-75(123)55-25-17-29-95-55)79(127)111-71(47(5)6)85(133)100-41-70(122)114-31-19-27-65(114)83(131)108-62(42-116)80(128)107-63(43-117)81(129)112-73(49(9)10)87(135)113-72(48(7)8)86(134)109-64(44-140)82(130)105-60(34-46(3)4)89(137)115-32-20-28-66(115)84(132)104-59(37-67(92)119)76(124)99-40-69(121)110-74(50(11)118)88(136)106-61(90(138)139)36-52-38-97-54-24-16-15-23-53(52)54/h12-16,21-24,38,45-50,55-66,71-74,95,97,116-118,140H,17-20,25-37,39-44H2,1-11H3,(H2,92,119)(H,98,123)(H,99,124)(H,100,133)(H,101,120)(H,102,126)(H,103,125)(H,104,132)(H,105,130)(H,106,136)(H,107,128)(H,108,131)(H,109,134)(H,110,121)(H,111,127)(H,112,129)(H,113,135)(H,138,139)(H4,93,94,96)/t50-,55+,56+,57+,58+,59+,60+,61+,62+,63+,64+,65+,66+,71+,72+,73+,74+/m1/s1. The molecule has 3 fully saturated rings. The number of guanidine groups is 1. The third kappa shape index (κ3) is 36.2. The average molecular weight is 1990 g/mol. The molecule has 3 aliphatic heterocycles. The molecule has 3 aliphatic rings. The maximum absolute atomic E-state index is 14.6. The Hall–Kier alpha value is -13.2. The molecule has 0 spiro atoms. The molecule has 3 aromatic rings. The van der Waals surface area contributed by atoms with E-state index in [-0.39, 0.29) is 113 Å². The first-order valence-electron chi connectivity index (χ1n) is 47.0. The number of likely N-dealkylation sites (tertiary alicyclic amines) is 2. The van der Waals surface area contributed by atoms with Gasteiger partial charge in [0.25, 0.3) is 0 Å². The maximum Gasteiger partial charge on any atom is 0.326 e. The van der Waals surface area contributed by atoms with Crippen molar-refractivity contribution in [2.24, 2.45) is 41.1 Å². The largest absolute Gasteiger partial charge is 0.480 e. The van der Waals surface area contributed by atoms with Gasteiger partial charge in [0.15, 0.2) is 5.96 Å². The minimum atomic E-state index is -1.86. The van der Waals surface area contributed by atoms with Gasteiger partial charge in [-0.1, -0.05) is 118 Å². The molecule has 2 aromatic carbocycles. The topological polar surface area (TPSA) is 737 Å². The van der Waals surface area contributed by atoms with Crippen LogP contribution in [0.3, 0.4) is 0 Å². The summed E-state index contributed by atoms with van der Waals surface area (Å²) in [7, 11) is 0. The molecule has 19 amide bonds. The Bertz CT molecular complexity index is 4840. The van der Waals surface area contributed by atoms with Crippen LogP contribution in [0.5, 0.6) is 0 Å². The summed E-state index contributed by atoms with van der Waals surface area (Å²) in [5.41, 5.74) is 12.9. The number of benzene rings is 2. The monoisotopic (exact) mass is 1990 g/mol. The van der Waals surface area contributed by atoms with Crippen LogP contribution >= 0.6 is 12.6 Å². The number of aromatic nitrogens is 1. The van der Waals surface area contributed by atoms with Gasteiger partial charge in [-0.15, -0.1) is 0 Å². The Morgan fingerprint density at radius 3 is 1.50 bits per heavy atom. The van der Waals surface area contributed by atoms with Crippen molar-refractivity contribution in [1.29, 1.82) is 5.41 Å². The normalized spacial score (nSPS) is 17.6. The number of aromatic amines is 1. The molecule has 0 saturated carbocycles. The number of primary amides is 1. The molecule has 17 atom stereocenters. The van der Waals surface area contributed by atoms with Crippen molar-refractivity contribution in [1.82, 2.24) is 110 Å². The Morgan fingerprint density at radius 1 is 0.457 bits per heavy atom. The molecular formula is C91H140N24O24S. The van der Waals surface area contributed by atoms with Gasteiger partial charge in [-0.05, 0) is 124 Å². The van der Waals surface area contributed by atoms with Crippen molar-refractivity contribution in [3.63, 3.8) is 0 Å². The van der Waals surface area contributed by atoms with Gasteiger partial charge in [0, 0.05) is 55.3 Å². The number of hydrogen-bond acceptors (Lipinski definition) is 26. The van der Waals surface area contributed by atoms with Crippen LogP contribution in [0.2, 0.25) is 0 Å². The number of thiol groups is 1. The minimum absolute atomic E-state index is 0.0166. The zero-order chi connectivity index (χ0) is 104. The number of hydrogen-bond donors (Lipinski definition) is 27. The van der Waals surface area contributed by atoms with Crippen LogP contribution in [-0.4, -0.2) is 327 Å². The summed E-state index contributed by atoms with van der Waals surface area (Å²) in [6, 6.07) is -7.13. The number of carboxylic acid groups (broad SMARTS) is 1. The highest BCUT2D eigenvalue weighted by molar-refractivity contribution is 7.80. The van der Waals surface area contributed by atoms with Crippen LogP contribution in [0, 0.1) is 35.0 Å². The van der Waals surface area contributed by atoms with E-state index in [2.05, 4.69) is 113 Å². The number of H-pyrrole nitrogens is 1. The van der Waals surface area contributed by atoms with Gasteiger partial charge in [-0.2, -0.15) is 12.6 Å². The number of nitrogens with zero attached hydrogens (tertiary/aromatic N) is 2. The second-order valence-electron chi connectivity index (χ2n) is 36.9. The Labute approximate surface area is 816 Å². The van der Waals surface area contributed by atoms with E-state index in [9.17, 15) is 116 Å². The van der Waals surface area contributed by atoms with Crippen LogP contribution in [0.4, 0.5) is 0 Å². The Kier molecular flexibility index (Phi) is 46.9. The van der Waals surface area contributed by atoms with Gasteiger partial charge in [-0.25, -0.2) is 4.79 Å². The lowest BCUT2D eigenvalue weighted by Gasteiger charge is -2.31. The van der Waals surface area contributed by atoms with E-state index in [1.165, 1.54) is 13.8 Å². The summed E-state index contributed by atoms with van der Waals surface area (Å²) in [5.74, 6) is -22.1. The van der Waals surface area contributed by atoms with Crippen molar-refractivity contribution in [2.45, 2.75) is 262 Å². The van der Waals surface area contributed by atoms with Crippen LogP contribution in [-0.2, 0) is 109 Å². The molecule has 3 saturated heterocycles. The van der Waals surface area contributed by atoms with E-state index in [1.54, 1.807) is 116 Å². The molecule has 0 bridgehead atoms. The first-order valence-corrected chi connectivity index (χ1v) is 47.6. The molecule has 0 aliphatic carbocycles. The number of amides is 19. The second-order valence-corrected chi connectivity index (χ2v) is 37.2. The van der Waals surface area contributed by atoms with Crippen molar-refractivity contribution >= 4 is 148 Å². The highest BCUT2D eigenvalue weighted by Gasteiger charge is 2.44. The molecule has 6 rings (SSSR count). The van der Waals surface area contributed by atoms with Crippen molar-refractivity contribution in [2.75, 3.05) is 64.8 Å². The summed E-state index contributed by atoms with van der Waals surface area (Å²) in [6.07, 6.45) is 0.969. The van der Waals surface area contributed by atoms with Crippen molar-refractivity contribution in [3.05, 3.63) is 71.9 Å². The lowest BCUT2D eigenvalue weighted by atomic mass is 9.99. The molecular weight excluding hydrogens is 1850 g/mol. The fourth-order valence-electron chi connectivity index (χ4n) is 16.0. The molecule has 0 unspecified atom stereocenters. The number of para-hydroxylation sites is 1. The highest BCUT2D eigenvalue weighted by Crippen LogP contribution is 2.25. The molecule has 49 heteroatoms. The number of nitrogens with two attached hydrogens (primary N) is 2. The summed E-state index contributed by atoms with van der Waals surface area (Å²) in [6.45, 7) is 13.9. The fourth-order valence-corrected chi connectivity index (χ4v) is 16.3. The number of carbonyl (C=O) groups is 20. The lowest BCUT2D eigenvalue weighted by Crippen LogP contribution is -2.62. The molecule has 140 heavy (non-hydrogen) atoms. The van der Waals surface area contributed by atoms with E-state index in [0.29, 0.717) is 35.0 Å². The van der Waals surface area contributed by atoms with Gasteiger partial charge in [0.1, 0.15) is 90.6 Å². The van der Waals surface area contributed by atoms with Gasteiger partial charge < -0.3 is 142 Å². The van der Waals surface area contributed by atoms with Crippen LogP contribution in [0.1, 0.15) is 158 Å². The summed E-state index contributed by atoms with van der Waals surface area (Å²) >= 11 is 4.32. The molecule has 48 nitrogen and oxygen atoms in total. The third-order valence-electron chi connectivity index (χ3n) is 23.6. The molecule has 4 heterocycles. The van der Waals surface area contributed by atoms with Crippen LogP contribution in [0.15, 0.2) is 60.8 Å². The highest BCUT2D eigenvalue weighted by atomic mass is 32.1. The van der Waals surface area contributed by atoms with E-state index in [1.807, 2.05) is 0 Å². The minimum Gasteiger partial charge on any atom is -0.480 e. The molecule has 28 N–H and O–H groups in total. The van der Waals surface area contributed by atoms with Crippen LogP contribution < -0.4 is 107 Å². The van der Waals surface area contributed by atoms with E-state index in [0.717, 1.165) is 23.1 Å². The number of carbonyl (C=O) groups excluding carboxylic acids is 19. The number of aliphatic hydroxyl groups excluding tert-OH is 3. The number of carboxylic acids is 1.